The summed E-state index contributed by atoms with van der Waals surface area (Å²) in [6.07, 6.45) is 3.68. The van der Waals surface area contributed by atoms with Gasteiger partial charge in [-0.25, -0.2) is 19.0 Å². The topological polar surface area (TPSA) is 128 Å². The molecule has 3 aliphatic heterocycles. The number of nitrogens with zero attached hydrogens (tertiary/aromatic N) is 5. The van der Waals surface area contributed by atoms with E-state index >= 15 is 0 Å². The first-order valence-corrected chi connectivity index (χ1v) is 15.0. The van der Waals surface area contributed by atoms with E-state index in [-0.39, 0.29) is 29.2 Å². The van der Waals surface area contributed by atoms with Crippen LogP contribution in [0.5, 0.6) is 0 Å². The number of thiazole rings is 1. The number of nitrogens with one attached hydrogen (secondary N) is 1. The second kappa shape index (κ2) is 11.3. The second-order valence-corrected chi connectivity index (χ2v) is 12.4. The Hall–Kier alpha value is -3.55. The van der Waals surface area contributed by atoms with Crippen molar-refractivity contribution in [3.05, 3.63) is 62.5 Å². The van der Waals surface area contributed by atoms with Gasteiger partial charge in [0.25, 0.3) is 0 Å². The average molecular weight is 617 g/mol. The minimum Gasteiger partial charge on any atom is -0.481 e. The van der Waals surface area contributed by atoms with Crippen LogP contribution in [0.2, 0.25) is 5.02 Å². The number of carboxylic acids is 1. The molecular formula is C28H30ClFN6O5S. The van der Waals surface area contributed by atoms with E-state index in [2.05, 4.69) is 15.2 Å². The van der Waals surface area contributed by atoms with Crippen molar-refractivity contribution in [1.29, 1.82) is 0 Å². The summed E-state index contributed by atoms with van der Waals surface area (Å²) in [5.41, 5.74) is 0.419. The zero-order chi connectivity index (χ0) is 29.6. The van der Waals surface area contributed by atoms with E-state index in [0.29, 0.717) is 67.7 Å². The summed E-state index contributed by atoms with van der Waals surface area (Å²) in [6.45, 7) is 2.55. The molecule has 2 aromatic rings. The normalized spacial score (nSPS) is 23.7. The Bertz CT molecular complexity index is 1480. The van der Waals surface area contributed by atoms with Gasteiger partial charge >= 0.3 is 18.0 Å². The summed E-state index contributed by atoms with van der Waals surface area (Å²) in [7, 11) is 1.29. The van der Waals surface area contributed by atoms with Crippen molar-refractivity contribution in [3.63, 3.8) is 0 Å². The Kier molecular flexibility index (Phi) is 7.66. The Labute approximate surface area is 250 Å². The van der Waals surface area contributed by atoms with E-state index in [1.54, 1.807) is 11.1 Å². The molecule has 2 amide bonds. The third-order valence-electron chi connectivity index (χ3n) is 8.58. The summed E-state index contributed by atoms with van der Waals surface area (Å²) in [5, 5.41) is 15.6. The van der Waals surface area contributed by atoms with Crippen molar-refractivity contribution in [2.24, 2.45) is 10.4 Å². The Morgan fingerprint density at radius 3 is 2.74 bits per heavy atom. The number of ether oxygens (including phenoxy) is 1. The van der Waals surface area contributed by atoms with Crippen molar-refractivity contribution >= 4 is 46.7 Å². The number of fused-ring (bicyclic) bond motifs is 1. The Morgan fingerprint density at radius 2 is 2.10 bits per heavy atom. The molecule has 0 unspecified atom stereocenters. The number of methoxy groups -OCH3 is 1. The number of carbonyl (C=O) groups excluding carboxylic acids is 2. The molecule has 1 aromatic heterocycles. The van der Waals surface area contributed by atoms with Gasteiger partial charge in [-0.05, 0) is 25.0 Å². The van der Waals surface area contributed by atoms with Crippen LogP contribution in [0.1, 0.15) is 35.9 Å². The Morgan fingerprint density at radius 1 is 1.29 bits per heavy atom. The lowest BCUT2D eigenvalue weighted by molar-refractivity contribution is -0.155. The number of piperazine rings is 1. The predicted molar refractivity (Wildman–Crippen MR) is 153 cm³/mol. The van der Waals surface area contributed by atoms with Crippen LogP contribution in [0.15, 0.2) is 46.0 Å². The van der Waals surface area contributed by atoms with Gasteiger partial charge in [0, 0.05) is 67.1 Å². The number of aliphatic imine (C=N–C) groups is 1. The summed E-state index contributed by atoms with van der Waals surface area (Å²) < 4.78 is 19.1. The van der Waals surface area contributed by atoms with Crippen LogP contribution in [0.4, 0.5) is 9.18 Å². The minimum atomic E-state index is -0.861. The van der Waals surface area contributed by atoms with Gasteiger partial charge in [0.2, 0.25) is 0 Å². The fourth-order valence-electron chi connectivity index (χ4n) is 6.22. The largest absolute Gasteiger partial charge is 0.481 e. The SMILES string of the molecule is COC(=O)C1=C(CN2CCN3C(=O)N(CC4(C(=O)O)CCC4)C[C@@H]3C2)NC(c2nccs2)=N[C@H]1c1ccc(F)cc1Cl. The molecule has 222 valence electrons. The van der Waals surface area contributed by atoms with Gasteiger partial charge in [0.05, 0.1) is 24.1 Å². The number of amides is 2. The smallest absolute Gasteiger partial charge is 0.338 e. The number of carboxylic acid groups (broad SMARTS) is 1. The number of urea groups is 1. The van der Waals surface area contributed by atoms with Crippen LogP contribution in [0, 0.1) is 11.2 Å². The Balaban J connectivity index is 1.27. The highest BCUT2D eigenvalue weighted by atomic mass is 35.5. The molecule has 2 atom stereocenters. The van der Waals surface area contributed by atoms with E-state index in [1.807, 2.05) is 10.3 Å². The standard InChI is InChI=1S/C28H30ClFN6O5S/c1-41-25(37)21-20(32-23(24-31-7-10-42-24)33-22(21)18-4-3-16(30)11-19(18)29)14-34-8-9-36-17(12-34)13-35(27(36)40)15-28(26(38)39)5-2-6-28/h3-4,7,10-11,17,22H,2,5-6,8-9,12-15H2,1H3,(H,32,33)(H,38,39)/t17-,22-/m0/s1. The number of carbonyl (C=O) groups is 3. The number of hydrogen-bond donors (Lipinski definition) is 2. The van der Waals surface area contributed by atoms with Crippen LogP contribution in [-0.4, -0.2) is 101 Å². The van der Waals surface area contributed by atoms with Crippen LogP contribution in [0.25, 0.3) is 0 Å². The predicted octanol–water partition coefficient (Wildman–Crippen LogP) is 3.13. The van der Waals surface area contributed by atoms with Gasteiger partial charge in [-0.2, -0.15) is 0 Å². The molecule has 1 aliphatic carbocycles. The second-order valence-electron chi connectivity index (χ2n) is 11.1. The van der Waals surface area contributed by atoms with E-state index in [9.17, 15) is 23.9 Å². The minimum absolute atomic E-state index is 0.114. The summed E-state index contributed by atoms with van der Waals surface area (Å²) >= 11 is 7.83. The van der Waals surface area contributed by atoms with Gasteiger partial charge in [-0.15, -0.1) is 11.3 Å². The fourth-order valence-corrected chi connectivity index (χ4v) is 7.08. The first-order chi connectivity index (χ1) is 20.2. The quantitative estimate of drug-likeness (QED) is 0.433. The lowest BCUT2D eigenvalue weighted by Gasteiger charge is -2.40. The van der Waals surface area contributed by atoms with Crippen molar-refractivity contribution in [3.8, 4) is 0 Å². The van der Waals surface area contributed by atoms with Gasteiger partial charge in [-0.1, -0.05) is 24.1 Å². The summed E-state index contributed by atoms with van der Waals surface area (Å²) in [5.74, 6) is -1.48. The third kappa shape index (κ3) is 5.13. The first kappa shape index (κ1) is 28.6. The molecule has 0 spiro atoms. The highest BCUT2D eigenvalue weighted by Gasteiger charge is 2.50. The zero-order valence-electron chi connectivity index (χ0n) is 22.9. The molecule has 4 aliphatic rings. The molecule has 0 bridgehead atoms. The third-order valence-corrected chi connectivity index (χ3v) is 9.68. The highest BCUT2D eigenvalue weighted by Crippen LogP contribution is 2.43. The fraction of sp³-hybridized carbons (Fsp3) is 0.464. The summed E-state index contributed by atoms with van der Waals surface area (Å²) in [4.78, 5) is 53.1. The van der Waals surface area contributed by atoms with Gasteiger partial charge in [0.1, 0.15) is 11.9 Å². The lowest BCUT2D eigenvalue weighted by atomic mass is 9.68. The zero-order valence-corrected chi connectivity index (χ0v) is 24.5. The van der Waals surface area contributed by atoms with Crippen LogP contribution in [-0.2, 0) is 14.3 Å². The molecule has 2 N–H and O–H groups in total. The molecule has 6 rings (SSSR count). The maximum atomic E-state index is 13.9. The number of halogens is 2. The van der Waals surface area contributed by atoms with E-state index in [0.717, 1.165) is 6.42 Å². The van der Waals surface area contributed by atoms with E-state index < -0.39 is 29.2 Å². The first-order valence-electron chi connectivity index (χ1n) is 13.7. The molecule has 2 saturated heterocycles. The van der Waals surface area contributed by atoms with E-state index in [1.165, 1.54) is 36.6 Å². The molecule has 1 aromatic carbocycles. The van der Waals surface area contributed by atoms with Crippen molar-refractivity contribution < 1.29 is 28.6 Å². The number of amidine groups is 1. The molecule has 4 heterocycles. The number of hydrogen-bond acceptors (Lipinski definition) is 9. The van der Waals surface area contributed by atoms with Crippen molar-refractivity contribution in [1.82, 2.24) is 25.0 Å². The lowest BCUT2D eigenvalue weighted by Crippen LogP contribution is -2.53. The van der Waals surface area contributed by atoms with Gasteiger partial charge in [-0.3, -0.25) is 14.7 Å². The number of aromatic nitrogens is 1. The highest BCUT2D eigenvalue weighted by molar-refractivity contribution is 7.11. The maximum Gasteiger partial charge on any atom is 0.338 e. The average Bonchev–Trinajstić information content (AvgIpc) is 3.58. The van der Waals surface area contributed by atoms with E-state index in [4.69, 9.17) is 21.3 Å². The maximum absolute atomic E-state index is 13.9. The van der Waals surface area contributed by atoms with Crippen LogP contribution >= 0.6 is 22.9 Å². The molecule has 42 heavy (non-hydrogen) atoms. The molecule has 0 radical (unpaired) electrons. The molecule has 14 heteroatoms. The monoisotopic (exact) mass is 616 g/mol. The number of rotatable bonds is 8. The molecule has 1 saturated carbocycles. The summed E-state index contributed by atoms with van der Waals surface area (Å²) in [6, 6.07) is 2.88. The molecule has 3 fully saturated rings. The number of esters is 1. The van der Waals surface area contributed by atoms with Crippen molar-refractivity contribution in [2.45, 2.75) is 31.3 Å². The number of benzene rings is 1. The van der Waals surface area contributed by atoms with Crippen LogP contribution in [0.3, 0.4) is 0 Å². The van der Waals surface area contributed by atoms with Gasteiger partial charge < -0.3 is 25.0 Å². The molecule has 11 nitrogen and oxygen atoms in total. The molecular weight excluding hydrogens is 587 g/mol. The van der Waals surface area contributed by atoms with Gasteiger partial charge in [0.15, 0.2) is 10.8 Å². The van der Waals surface area contributed by atoms with Crippen molar-refractivity contribution in [2.75, 3.05) is 46.4 Å². The van der Waals surface area contributed by atoms with Crippen LogP contribution < -0.4 is 5.32 Å². The number of aliphatic carboxylic acids is 1.